The van der Waals surface area contributed by atoms with Crippen molar-refractivity contribution in [3.63, 3.8) is 0 Å². The zero-order valence-corrected chi connectivity index (χ0v) is 18.6. The second-order valence-electron chi connectivity index (χ2n) is 6.03. The second kappa shape index (κ2) is 8.58. The Hall–Kier alpha value is -1.64. The fraction of sp³-hybridized carbons (Fsp3) is 0.200. The number of hydrogen-bond acceptors (Lipinski definition) is 3. The molecule has 3 rings (SSSR count). The monoisotopic (exact) mass is 512 g/mol. The molecule has 0 N–H and O–H groups in total. The molecule has 0 aromatic heterocycles. The molecule has 7 heteroatoms. The van der Waals surface area contributed by atoms with Gasteiger partial charge in [0, 0.05) is 17.2 Å². The van der Waals surface area contributed by atoms with Crippen molar-refractivity contribution in [3.05, 3.63) is 67.9 Å². The van der Waals surface area contributed by atoms with Crippen LogP contribution >= 0.6 is 46.4 Å². The first kappa shape index (κ1) is 20.1. The van der Waals surface area contributed by atoms with E-state index in [4.69, 9.17) is 28.6 Å². The van der Waals surface area contributed by atoms with Crippen molar-refractivity contribution in [1.29, 1.82) is 0 Å². The van der Waals surface area contributed by atoms with Crippen LogP contribution in [0.15, 0.2) is 48.2 Å². The highest BCUT2D eigenvalue weighted by atomic mass is 127. The average molecular weight is 513 g/mol. The molecule has 0 aliphatic carbocycles. The molecule has 1 aliphatic heterocycles. The fourth-order valence-electron chi connectivity index (χ4n) is 2.71. The summed E-state index contributed by atoms with van der Waals surface area (Å²) < 4.78 is 7.00. The largest absolute Gasteiger partial charge is 0.487 e. The molecule has 2 aromatic carbocycles. The Morgan fingerprint density at radius 1 is 1.22 bits per heavy atom. The molecule has 1 fully saturated rings. The lowest BCUT2D eigenvalue weighted by Gasteiger charge is -2.13. The number of carbonyl (C=O) groups excluding carboxylic acids is 1. The molecule has 1 aliphatic rings. The van der Waals surface area contributed by atoms with Crippen molar-refractivity contribution in [2.45, 2.75) is 13.5 Å². The van der Waals surface area contributed by atoms with Crippen LogP contribution in [0.3, 0.4) is 0 Å². The molecule has 0 bridgehead atoms. The number of halogens is 2. The Morgan fingerprint density at radius 3 is 2.52 bits per heavy atom. The molecule has 1 saturated heterocycles. The standard InChI is InChI=1S/C20H18ClIN2O2S/c1-3-24-19(25)17(23(2)20(24)27)11-14-6-9-18(16(21)10-14)26-12-13-4-7-15(22)8-5-13/h4-11H,3,12H2,1-2H3/b17-11-. The Morgan fingerprint density at radius 2 is 1.93 bits per heavy atom. The van der Waals surface area contributed by atoms with Crippen LogP contribution in [0.25, 0.3) is 6.08 Å². The predicted molar refractivity (Wildman–Crippen MR) is 121 cm³/mol. The van der Waals surface area contributed by atoms with Crippen LogP contribution < -0.4 is 4.74 Å². The SMILES string of the molecule is CCN1C(=O)/C(=C/c2ccc(OCc3ccc(I)cc3)c(Cl)c2)N(C)C1=S. The van der Waals surface area contributed by atoms with Crippen LogP contribution in [0.1, 0.15) is 18.1 Å². The zero-order valence-electron chi connectivity index (χ0n) is 14.9. The van der Waals surface area contributed by atoms with Crippen LogP contribution in [-0.4, -0.2) is 34.4 Å². The summed E-state index contributed by atoms with van der Waals surface area (Å²) in [5, 5.41) is 1.01. The molecule has 1 heterocycles. The maximum atomic E-state index is 12.5. The van der Waals surface area contributed by atoms with Gasteiger partial charge < -0.3 is 9.64 Å². The van der Waals surface area contributed by atoms with Gasteiger partial charge in [0.15, 0.2) is 5.11 Å². The van der Waals surface area contributed by atoms with Gasteiger partial charge in [-0.3, -0.25) is 9.69 Å². The van der Waals surface area contributed by atoms with Gasteiger partial charge in [0.25, 0.3) is 5.91 Å². The highest BCUT2D eigenvalue weighted by molar-refractivity contribution is 14.1. The number of hydrogen-bond donors (Lipinski definition) is 0. The highest BCUT2D eigenvalue weighted by Gasteiger charge is 2.34. The molecular formula is C20H18ClIN2O2S. The fourth-order valence-corrected chi connectivity index (χ4v) is 3.63. The molecule has 0 unspecified atom stereocenters. The lowest BCUT2D eigenvalue weighted by atomic mass is 10.1. The highest BCUT2D eigenvalue weighted by Crippen LogP contribution is 2.29. The minimum atomic E-state index is -0.0971. The Kier molecular flexibility index (Phi) is 6.39. The van der Waals surface area contributed by atoms with Crippen LogP contribution in [-0.2, 0) is 11.4 Å². The summed E-state index contributed by atoms with van der Waals surface area (Å²) in [6.07, 6.45) is 1.79. The summed E-state index contributed by atoms with van der Waals surface area (Å²) in [6.45, 7) is 2.89. The first-order chi connectivity index (χ1) is 12.9. The third-order valence-corrected chi connectivity index (χ3v) is 5.74. The number of rotatable bonds is 5. The van der Waals surface area contributed by atoms with E-state index in [0.29, 0.717) is 34.7 Å². The molecule has 0 atom stereocenters. The Bertz CT molecular complexity index is 915. The minimum absolute atomic E-state index is 0.0971. The zero-order chi connectivity index (χ0) is 19.6. The maximum absolute atomic E-state index is 12.5. The summed E-state index contributed by atoms with van der Waals surface area (Å²) in [4.78, 5) is 15.8. The number of benzene rings is 2. The van der Waals surface area contributed by atoms with E-state index < -0.39 is 0 Å². The minimum Gasteiger partial charge on any atom is -0.487 e. The van der Waals surface area contributed by atoms with Crippen molar-refractivity contribution in [1.82, 2.24) is 9.80 Å². The number of amides is 1. The molecule has 0 saturated carbocycles. The van der Waals surface area contributed by atoms with Gasteiger partial charge in [-0.2, -0.15) is 0 Å². The van der Waals surface area contributed by atoms with Gasteiger partial charge in [-0.25, -0.2) is 0 Å². The van der Waals surface area contributed by atoms with E-state index in [1.807, 2.05) is 43.3 Å². The van der Waals surface area contributed by atoms with E-state index in [1.165, 1.54) is 3.57 Å². The van der Waals surface area contributed by atoms with E-state index in [9.17, 15) is 4.79 Å². The lowest BCUT2D eigenvalue weighted by Crippen LogP contribution is -2.30. The summed E-state index contributed by atoms with van der Waals surface area (Å²) in [5.41, 5.74) is 2.42. The lowest BCUT2D eigenvalue weighted by molar-refractivity contribution is -0.122. The smallest absolute Gasteiger partial charge is 0.276 e. The van der Waals surface area contributed by atoms with Crippen molar-refractivity contribution in [2.24, 2.45) is 0 Å². The van der Waals surface area contributed by atoms with Gasteiger partial charge in [-0.05, 0) is 83.2 Å². The Labute approximate surface area is 182 Å². The first-order valence-electron chi connectivity index (χ1n) is 8.38. The number of carbonyl (C=O) groups is 1. The van der Waals surface area contributed by atoms with Crippen molar-refractivity contribution >= 4 is 63.5 Å². The van der Waals surface area contributed by atoms with Crippen molar-refractivity contribution < 1.29 is 9.53 Å². The summed E-state index contributed by atoms with van der Waals surface area (Å²) in [7, 11) is 1.79. The number of thiocarbonyl (C=S) groups is 1. The predicted octanol–water partition coefficient (Wildman–Crippen LogP) is 4.94. The van der Waals surface area contributed by atoms with Gasteiger partial charge in [-0.1, -0.05) is 29.8 Å². The third-order valence-electron chi connectivity index (χ3n) is 4.23. The molecule has 140 valence electrons. The average Bonchev–Trinajstić information content (AvgIpc) is 2.85. The van der Waals surface area contributed by atoms with Crippen molar-refractivity contribution in [3.8, 4) is 5.75 Å². The molecule has 2 aromatic rings. The van der Waals surface area contributed by atoms with Crippen molar-refractivity contribution in [2.75, 3.05) is 13.6 Å². The van der Waals surface area contributed by atoms with E-state index in [2.05, 4.69) is 22.6 Å². The molecule has 0 spiro atoms. The molecule has 0 radical (unpaired) electrons. The molecule has 27 heavy (non-hydrogen) atoms. The molecular weight excluding hydrogens is 495 g/mol. The van der Waals surface area contributed by atoms with E-state index >= 15 is 0 Å². The third kappa shape index (κ3) is 4.44. The number of likely N-dealkylation sites (N-methyl/N-ethyl adjacent to an activating group) is 2. The van der Waals surface area contributed by atoms with E-state index in [1.54, 1.807) is 29.0 Å². The Balaban J connectivity index is 1.75. The summed E-state index contributed by atoms with van der Waals surface area (Å²) in [6, 6.07) is 13.6. The number of nitrogens with zero attached hydrogens (tertiary/aromatic N) is 2. The topological polar surface area (TPSA) is 32.8 Å². The maximum Gasteiger partial charge on any atom is 0.276 e. The number of ether oxygens (including phenoxy) is 1. The summed E-state index contributed by atoms with van der Waals surface area (Å²) in [5.74, 6) is 0.509. The van der Waals surface area contributed by atoms with Gasteiger partial charge in [0.2, 0.25) is 0 Å². The van der Waals surface area contributed by atoms with Crippen LogP contribution in [0, 0.1) is 3.57 Å². The second-order valence-corrected chi connectivity index (χ2v) is 8.04. The van der Waals surface area contributed by atoms with Crippen LogP contribution in [0.4, 0.5) is 0 Å². The van der Waals surface area contributed by atoms with E-state index in [-0.39, 0.29) is 5.91 Å². The van der Waals surface area contributed by atoms with Crippen LogP contribution in [0.5, 0.6) is 5.75 Å². The van der Waals surface area contributed by atoms with Gasteiger partial charge in [-0.15, -0.1) is 0 Å². The van der Waals surface area contributed by atoms with E-state index in [0.717, 1.165) is 11.1 Å². The van der Waals surface area contributed by atoms with Gasteiger partial charge in [0.1, 0.15) is 18.1 Å². The van der Waals surface area contributed by atoms with Gasteiger partial charge in [0.05, 0.1) is 5.02 Å². The van der Waals surface area contributed by atoms with Crippen LogP contribution in [0.2, 0.25) is 5.02 Å². The molecule has 1 amide bonds. The summed E-state index contributed by atoms with van der Waals surface area (Å²) >= 11 is 14.0. The molecule has 4 nitrogen and oxygen atoms in total. The quantitative estimate of drug-likeness (QED) is 0.323. The normalized spacial score (nSPS) is 15.8. The van der Waals surface area contributed by atoms with Gasteiger partial charge >= 0.3 is 0 Å². The first-order valence-corrected chi connectivity index (χ1v) is 10.2.